The number of amides is 10. The summed E-state index contributed by atoms with van der Waals surface area (Å²) in [6.07, 6.45) is -1.92. The maximum absolute atomic E-state index is 14.1. The van der Waals surface area contributed by atoms with Crippen molar-refractivity contribution >= 4 is 65.0 Å². The van der Waals surface area contributed by atoms with Gasteiger partial charge in [-0.05, 0) is 63.2 Å². The van der Waals surface area contributed by atoms with Gasteiger partial charge >= 0.3 is 5.97 Å². The lowest BCUT2D eigenvalue weighted by atomic mass is 9.98. The van der Waals surface area contributed by atoms with Crippen LogP contribution in [0.4, 0.5) is 0 Å². The first-order valence-electron chi connectivity index (χ1n) is 22.2. The van der Waals surface area contributed by atoms with E-state index in [1.807, 2.05) is 13.8 Å². The van der Waals surface area contributed by atoms with Crippen molar-refractivity contribution in [2.24, 2.45) is 40.9 Å². The number of nitrogens with zero attached hydrogens (tertiary/aromatic N) is 1. The molecule has 1 heterocycles. The normalized spacial score (nSPS) is 17.8. The lowest BCUT2D eigenvalue weighted by molar-refractivity contribution is -0.144. The van der Waals surface area contributed by atoms with Crippen LogP contribution in [0.25, 0.3) is 0 Å². The Morgan fingerprint density at radius 1 is 0.591 bits per heavy atom. The van der Waals surface area contributed by atoms with Crippen LogP contribution in [0.1, 0.15) is 108 Å². The van der Waals surface area contributed by atoms with Gasteiger partial charge in [0.05, 0.1) is 18.6 Å². The van der Waals surface area contributed by atoms with E-state index in [1.54, 1.807) is 41.5 Å². The molecule has 24 heteroatoms. The predicted octanol–water partition coefficient (Wildman–Crippen LogP) is -3.66. The molecule has 15 N–H and O–H groups in total. The molecule has 0 aromatic heterocycles. The predicted molar refractivity (Wildman–Crippen MR) is 237 cm³/mol. The average molecular weight is 940 g/mol. The molecule has 0 spiro atoms. The molecular formula is C42H73N11O13. The third-order valence-corrected chi connectivity index (χ3v) is 10.8. The second-order valence-electron chi connectivity index (χ2n) is 18.2. The summed E-state index contributed by atoms with van der Waals surface area (Å²) in [4.78, 5) is 144. The minimum Gasteiger partial charge on any atom is -0.480 e. The smallest absolute Gasteiger partial charge is 0.326 e. The van der Waals surface area contributed by atoms with Crippen LogP contribution < -0.4 is 54.4 Å². The van der Waals surface area contributed by atoms with E-state index >= 15 is 0 Å². The fraction of sp³-hybridized carbons (Fsp3) is 0.738. The number of aliphatic hydroxyl groups excluding tert-OH is 1. The van der Waals surface area contributed by atoms with E-state index in [0.717, 1.165) is 0 Å². The van der Waals surface area contributed by atoms with Crippen molar-refractivity contribution in [1.82, 2.24) is 42.1 Å². The van der Waals surface area contributed by atoms with Gasteiger partial charge in [-0.1, -0.05) is 55.4 Å². The molecule has 10 atom stereocenters. The van der Waals surface area contributed by atoms with Gasteiger partial charge in [0.2, 0.25) is 59.1 Å². The zero-order valence-corrected chi connectivity index (χ0v) is 39.6. The van der Waals surface area contributed by atoms with Crippen molar-refractivity contribution in [3.63, 3.8) is 0 Å². The molecular weight excluding hydrogens is 867 g/mol. The van der Waals surface area contributed by atoms with Gasteiger partial charge in [-0.15, -0.1) is 0 Å². The molecule has 1 rings (SSSR count). The molecule has 0 aromatic carbocycles. The molecule has 1 saturated heterocycles. The van der Waals surface area contributed by atoms with Crippen LogP contribution in [0, 0.1) is 23.7 Å². The first-order valence-corrected chi connectivity index (χ1v) is 22.2. The highest BCUT2D eigenvalue weighted by atomic mass is 16.4. The van der Waals surface area contributed by atoms with Gasteiger partial charge < -0.3 is 69.5 Å². The Balaban J connectivity index is 3.24. The molecule has 24 nitrogen and oxygen atoms in total. The molecule has 374 valence electrons. The Bertz CT molecular complexity index is 1770. The number of rotatable bonds is 27. The van der Waals surface area contributed by atoms with Gasteiger partial charge in [-0.3, -0.25) is 47.9 Å². The number of carboxylic acids is 1. The van der Waals surface area contributed by atoms with Crippen molar-refractivity contribution in [3.05, 3.63) is 0 Å². The second kappa shape index (κ2) is 26.9. The lowest BCUT2D eigenvalue weighted by Crippen LogP contribution is -2.61. The van der Waals surface area contributed by atoms with Crippen molar-refractivity contribution in [2.75, 3.05) is 6.54 Å². The van der Waals surface area contributed by atoms with E-state index in [2.05, 4.69) is 37.2 Å². The molecule has 0 radical (unpaired) electrons. The van der Waals surface area contributed by atoms with Crippen LogP contribution >= 0.6 is 0 Å². The Kier molecular flexibility index (Phi) is 23.7. The fourth-order valence-corrected chi connectivity index (χ4v) is 6.96. The zero-order valence-electron chi connectivity index (χ0n) is 39.6. The molecule has 0 unspecified atom stereocenters. The summed E-state index contributed by atoms with van der Waals surface area (Å²) in [5.74, 6) is -11.3. The lowest BCUT2D eigenvalue weighted by Gasteiger charge is -2.32. The van der Waals surface area contributed by atoms with Crippen molar-refractivity contribution < 1.29 is 63.0 Å². The van der Waals surface area contributed by atoms with Gasteiger partial charge in [0, 0.05) is 13.0 Å². The number of primary amides is 2. The van der Waals surface area contributed by atoms with Gasteiger partial charge in [-0.25, -0.2) is 4.79 Å². The first kappa shape index (κ1) is 58.1. The number of hydrogen-bond donors (Lipinski definition) is 12. The largest absolute Gasteiger partial charge is 0.480 e. The fourth-order valence-electron chi connectivity index (χ4n) is 6.96. The van der Waals surface area contributed by atoms with Crippen LogP contribution in [0.15, 0.2) is 0 Å². The third-order valence-electron chi connectivity index (χ3n) is 10.8. The monoisotopic (exact) mass is 940 g/mol. The van der Waals surface area contributed by atoms with Crippen molar-refractivity contribution in [3.8, 4) is 0 Å². The molecule has 1 fully saturated rings. The molecule has 0 bridgehead atoms. The summed E-state index contributed by atoms with van der Waals surface area (Å²) in [6, 6.07) is -11.8. The molecule has 0 aromatic rings. The molecule has 66 heavy (non-hydrogen) atoms. The Morgan fingerprint density at radius 2 is 1.09 bits per heavy atom. The highest BCUT2D eigenvalue weighted by molar-refractivity contribution is 5.98. The van der Waals surface area contributed by atoms with E-state index in [1.165, 1.54) is 18.7 Å². The van der Waals surface area contributed by atoms with Crippen LogP contribution in [0.2, 0.25) is 0 Å². The van der Waals surface area contributed by atoms with Gasteiger partial charge in [0.1, 0.15) is 48.3 Å². The minimum atomic E-state index is -1.60. The number of nitrogens with one attached hydrogen (secondary N) is 7. The van der Waals surface area contributed by atoms with Gasteiger partial charge in [0.15, 0.2) is 0 Å². The van der Waals surface area contributed by atoms with E-state index in [4.69, 9.17) is 17.2 Å². The molecule has 0 aliphatic carbocycles. The molecule has 1 aliphatic rings. The summed E-state index contributed by atoms with van der Waals surface area (Å²) in [7, 11) is 0. The topological polar surface area (TPSA) is 394 Å². The minimum absolute atomic E-state index is 0.101. The van der Waals surface area contributed by atoms with E-state index in [0.29, 0.717) is 6.42 Å². The van der Waals surface area contributed by atoms with Crippen LogP contribution in [-0.4, -0.2) is 147 Å². The number of carbonyl (C=O) groups is 11. The summed E-state index contributed by atoms with van der Waals surface area (Å²) in [5.41, 5.74) is 16.3. The number of hydrogen-bond acceptors (Lipinski definition) is 13. The Hall–Kier alpha value is -5.91. The number of aliphatic hydroxyl groups is 1. The Morgan fingerprint density at radius 3 is 1.58 bits per heavy atom. The molecule has 1 aliphatic heterocycles. The highest BCUT2D eigenvalue weighted by Gasteiger charge is 2.41. The first-order chi connectivity index (χ1) is 30.5. The van der Waals surface area contributed by atoms with Gasteiger partial charge in [-0.2, -0.15) is 0 Å². The Labute approximate surface area is 385 Å². The van der Waals surface area contributed by atoms with E-state index < -0.39 is 150 Å². The summed E-state index contributed by atoms with van der Waals surface area (Å²) in [5, 5.41) is 37.1. The van der Waals surface area contributed by atoms with Crippen molar-refractivity contribution in [2.45, 2.75) is 168 Å². The van der Waals surface area contributed by atoms with Crippen LogP contribution in [0.3, 0.4) is 0 Å². The number of nitrogens with two attached hydrogens (primary N) is 3. The summed E-state index contributed by atoms with van der Waals surface area (Å²) < 4.78 is 0. The average Bonchev–Trinajstić information content (AvgIpc) is 3.70. The quantitative estimate of drug-likeness (QED) is 0.0378. The maximum atomic E-state index is 14.1. The maximum Gasteiger partial charge on any atom is 0.326 e. The highest BCUT2D eigenvalue weighted by Crippen LogP contribution is 2.22. The standard InChI is InChI=1S/C42H73N11O13/c1-18(2)16-26(48-35(58)24(43)17-29(45)56)37(60)50-31(20(5)6)41(64)53-15-11-12-27(53)38(61)47-25(13-14-28(44)55)36(59)49-30(19(3)4)39(62)46-22(9)34(57)52-33(23(10)54)40(63)51-32(21(7)8)42(65)66/h18-27,30-33,54H,11-17,43H2,1-10H3,(H2,44,55)(H2,45,56)(H,46,62)(H,47,61)(H,48,58)(H,49,59)(H,50,60)(H,51,63)(H,52,57)(H,65,66)/t22-,23+,24-,25-,26-,27-,30-,31-,32-,33-/m0/s1. The number of likely N-dealkylation sites (tertiary alicyclic amines) is 1. The molecule has 0 saturated carbocycles. The van der Waals surface area contributed by atoms with E-state index in [-0.39, 0.29) is 38.1 Å². The van der Waals surface area contributed by atoms with Crippen molar-refractivity contribution in [1.29, 1.82) is 0 Å². The SMILES string of the molecule is CC(C)C[C@H](NC(=O)[C@@H](N)CC(N)=O)C(=O)N[C@H](C(=O)N1CCC[C@H]1C(=O)N[C@@H](CCC(N)=O)C(=O)N[C@H](C(=O)N[C@@H](C)C(=O)N[C@H](C(=O)N[C@H](C(=O)O)C(C)C)[C@@H](C)O)C(C)C)C(C)C. The number of aliphatic carboxylic acids is 1. The molecule has 10 amide bonds. The van der Waals surface area contributed by atoms with E-state index in [9.17, 15) is 63.0 Å². The van der Waals surface area contributed by atoms with Crippen LogP contribution in [-0.2, 0) is 52.7 Å². The summed E-state index contributed by atoms with van der Waals surface area (Å²) >= 11 is 0. The second-order valence-corrected chi connectivity index (χ2v) is 18.2. The summed E-state index contributed by atoms with van der Waals surface area (Å²) in [6.45, 7) is 15.8. The number of carboxylic acid groups (broad SMARTS) is 1. The third kappa shape index (κ3) is 18.5. The van der Waals surface area contributed by atoms with Gasteiger partial charge in [0.25, 0.3) is 0 Å². The number of carbonyl (C=O) groups excluding carboxylic acids is 10. The van der Waals surface area contributed by atoms with Crippen LogP contribution in [0.5, 0.6) is 0 Å². The zero-order chi connectivity index (χ0) is 50.9.